The van der Waals surface area contributed by atoms with Crippen LogP contribution < -0.4 is 11.1 Å². The van der Waals surface area contributed by atoms with Gasteiger partial charge in [-0.15, -0.1) is 0 Å². The lowest BCUT2D eigenvalue weighted by Crippen LogP contribution is -2.27. The summed E-state index contributed by atoms with van der Waals surface area (Å²) in [5.41, 5.74) is 6.14. The normalized spacial score (nSPS) is 12.2. The van der Waals surface area contributed by atoms with Gasteiger partial charge in [0.15, 0.2) is 0 Å². The molecule has 0 fully saturated rings. The predicted octanol–water partition coefficient (Wildman–Crippen LogP) is 3.40. The summed E-state index contributed by atoms with van der Waals surface area (Å²) in [4.78, 5) is 11.5. The molecule has 1 atom stereocenters. The molecule has 2 aromatic carbocycles. The van der Waals surface area contributed by atoms with Crippen LogP contribution in [0.3, 0.4) is 0 Å². The first kappa shape index (κ1) is 14.9. The van der Waals surface area contributed by atoms with Crippen LogP contribution in [0.4, 0.5) is 18.9 Å². The number of benzene rings is 2. The molecule has 0 aromatic heterocycles. The van der Waals surface area contributed by atoms with Crippen molar-refractivity contribution in [2.45, 2.75) is 12.5 Å². The molecule has 0 radical (unpaired) electrons. The molecule has 3 N–H and O–H groups in total. The highest BCUT2D eigenvalue weighted by Gasteiger charge is 2.18. The van der Waals surface area contributed by atoms with Crippen molar-refractivity contribution in [3.8, 4) is 0 Å². The highest BCUT2D eigenvalue weighted by atomic mass is 19.3. The molecule has 2 aromatic rings. The fourth-order valence-electron chi connectivity index (χ4n) is 1.87. The summed E-state index contributed by atoms with van der Waals surface area (Å²) in [5.74, 6) is -1.07. The number of carbonyl (C=O) groups excluding carboxylic acids is 1. The zero-order valence-corrected chi connectivity index (χ0v) is 10.9. The van der Waals surface area contributed by atoms with Gasteiger partial charge in [0, 0.05) is 11.3 Å². The summed E-state index contributed by atoms with van der Waals surface area (Å²) >= 11 is 0. The van der Waals surface area contributed by atoms with E-state index in [1.807, 2.05) is 0 Å². The number of amides is 1. The molecule has 2 rings (SSSR count). The van der Waals surface area contributed by atoms with E-state index < -0.39 is 24.2 Å². The van der Waals surface area contributed by atoms with Crippen LogP contribution >= 0.6 is 0 Å². The molecular formula is C15H13F3N2O. The molecule has 1 unspecified atom stereocenters. The summed E-state index contributed by atoms with van der Waals surface area (Å²) in [6.45, 7) is 0. The minimum absolute atomic E-state index is 0.135. The Morgan fingerprint density at radius 2 is 1.48 bits per heavy atom. The van der Waals surface area contributed by atoms with Crippen molar-refractivity contribution in [1.29, 1.82) is 0 Å². The Bertz CT molecular complexity index is 612. The van der Waals surface area contributed by atoms with E-state index in [1.54, 1.807) is 0 Å². The Hall–Kier alpha value is -2.50. The summed E-state index contributed by atoms with van der Waals surface area (Å²) in [6.07, 6.45) is -2.57. The molecule has 0 saturated carbocycles. The third kappa shape index (κ3) is 3.75. The van der Waals surface area contributed by atoms with Crippen LogP contribution in [0.5, 0.6) is 0 Å². The number of primary amides is 1. The minimum Gasteiger partial charge on any atom is -0.370 e. The highest BCUT2D eigenvalue weighted by molar-refractivity contribution is 5.84. The van der Waals surface area contributed by atoms with Crippen molar-refractivity contribution in [2.75, 3.05) is 5.32 Å². The lowest BCUT2D eigenvalue weighted by Gasteiger charge is -2.17. The third-order valence-electron chi connectivity index (χ3n) is 2.96. The number of halogens is 3. The van der Waals surface area contributed by atoms with E-state index in [1.165, 1.54) is 48.5 Å². The molecule has 0 aliphatic rings. The maximum Gasteiger partial charge on any atom is 0.263 e. The molecule has 3 nitrogen and oxygen atoms in total. The minimum atomic E-state index is -2.57. The van der Waals surface area contributed by atoms with Gasteiger partial charge in [0.1, 0.15) is 11.9 Å². The van der Waals surface area contributed by atoms with Gasteiger partial charge in [-0.2, -0.15) is 0 Å². The zero-order valence-electron chi connectivity index (χ0n) is 10.9. The number of anilines is 1. The van der Waals surface area contributed by atoms with Crippen LogP contribution in [0, 0.1) is 5.82 Å². The second-order valence-corrected chi connectivity index (χ2v) is 4.45. The SMILES string of the molecule is NC(=O)C(Nc1ccc(F)cc1)c1ccc(C(F)F)cc1. The fraction of sp³-hybridized carbons (Fsp3) is 0.133. The Labute approximate surface area is 119 Å². The molecule has 0 heterocycles. The molecule has 1 amide bonds. The van der Waals surface area contributed by atoms with E-state index in [2.05, 4.69) is 5.32 Å². The Morgan fingerprint density at radius 1 is 0.952 bits per heavy atom. The zero-order chi connectivity index (χ0) is 15.4. The summed E-state index contributed by atoms with van der Waals surface area (Å²) in [6, 6.07) is 9.80. The van der Waals surface area contributed by atoms with Gasteiger partial charge < -0.3 is 11.1 Å². The van der Waals surface area contributed by atoms with Gasteiger partial charge in [-0.3, -0.25) is 4.79 Å². The van der Waals surface area contributed by atoms with Crippen molar-refractivity contribution in [1.82, 2.24) is 0 Å². The van der Waals surface area contributed by atoms with Gasteiger partial charge in [0.05, 0.1) is 0 Å². The molecule has 21 heavy (non-hydrogen) atoms. The van der Waals surface area contributed by atoms with E-state index in [4.69, 9.17) is 5.73 Å². The van der Waals surface area contributed by atoms with E-state index in [0.717, 1.165) is 0 Å². The van der Waals surface area contributed by atoms with Gasteiger partial charge in [-0.1, -0.05) is 24.3 Å². The smallest absolute Gasteiger partial charge is 0.263 e. The number of alkyl halides is 2. The number of rotatable bonds is 5. The molecular weight excluding hydrogens is 281 g/mol. The second-order valence-electron chi connectivity index (χ2n) is 4.45. The van der Waals surface area contributed by atoms with E-state index in [9.17, 15) is 18.0 Å². The molecule has 0 bridgehead atoms. The van der Waals surface area contributed by atoms with Crippen LogP contribution in [-0.4, -0.2) is 5.91 Å². The molecule has 0 aliphatic heterocycles. The lowest BCUT2D eigenvalue weighted by atomic mass is 10.0. The maximum absolute atomic E-state index is 12.8. The number of nitrogens with one attached hydrogen (secondary N) is 1. The van der Waals surface area contributed by atoms with E-state index in [-0.39, 0.29) is 5.56 Å². The predicted molar refractivity (Wildman–Crippen MR) is 73.4 cm³/mol. The Balaban J connectivity index is 2.22. The van der Waals surface area contributed by atoms with Crippen molar-refractivity contribution < 1.29 is 18.0 Å². The Morgan fingerprint density at radius 3 is 1.95 bits per heavy atom. The van der Waals surface area contributed by atoms with E-state index in [0.29, 0.717) is 11.3 Å². The standard InChI is InChI=1S/C15H13F3N2O/c16-11-5-7-12(8-6-11)20-13(15(19)21)9-1-3-10(4-2-9)14(17)18/h1-8,13-14,20H,(H2,19,21). The maximum atomic E-state index is 12.8. The van der Waals surface area contributed by atoms with E-state index >= 15 is 0 Å². The average molecular weight is 294 g/mol. The molecule has 0 saturated heterocycles. The van der Waals surface area contributed by atoms with Gasteiger partial charge in [0.2, 0.25) is 5.91 Å². The van der Waals surface area contributed by atoms with Gasteiger partial charge in [-0.25, -0.2) is 13.2 Å². The van der Waals surface area contributed by atoms with Crippen LogP contribution in [-0.2, 0) is 4.79 Å². The van der Waals surface area contributed by atoms with Gasteiger partial charge >= 0.3 is 0 Å². The van der Waals surface area contributed by atoms with Crippen LogP contribution in [0.25, 0.3) is 0 Å². The third-order valence-corrected chi connectivity index (χ3v) is 2.96. The molecule has 0 aliphatic carbocycles. The number of hydrogen-bond donors (Lipinski definition) is 2. The van der Waals surface area contributed by atoms with Gasteiger partial charge in [0.25, 0.3) is 6.43 Å². The molecule has 110 valence electrons. The first-order valence-electron chi connectivity index (χ1n) is 6.17. The first-order valence-corrected chi connectivity index (χ1v) is 6.17. The number of nitrogens with two attached hydrogens (primary N) is 1. The average Bonchev–Trinajstić information content (AvgIpc) is 2.46. The van der Waals surface area contributed by atoms with Gasteiger partial charge in [-0.05, 0) is 29.8 Å². The highest BCUT2D eigenvalue weighted by Crippen LogP contribution is 2.23. The molecule has 0 spiro atoms. The largest absolute Gasteiger partial charge is 0.370 e. The van der Waals surface area contributed by atoms with Crippen LogP contribution in [0.1, 0.15) is 23.6 Å². The van der Waals surface area contributed by atoms with Crippen LogP contribution in [0.2, 0.25) is 0 Å². The first-order chi connectivity index (χ1) is 9.97. The van der Waals surface area contributed by atoms with Crippen molar-refractivity contribution in [3.05, 3.63) is 65.5 Å². The fourth-order valence-corrected chi connectivity index (χ4v) is 1.87. The number of carbonyl (C=O) groups is 1. The number of hydrogen-bond acceptors (Lipinski definition) is 2. The lowest BCUT2D eigenvalue weighted by molar-refractivity contribution is -0.118. The Kier molecular flexibility index (Phi) is 4.47. The van der Waals surface area contributed by atoms with Crippen molar-refractivity contribution in [3.63, 3.8) is 0 Å². The summed E-state index contributed by atoms with van der Waals surface area (Å²) < 4.78 is 37.8. The molecule has 6 heteroatoms. The second kappa shape index (κ2) is 6.30. The van der Waals surface area contributed by atoms with Crippen molar-refractivity contribution in [2.24, 2.45) is 5.73 Å². The summed E-state index contributed by atoms with van der Waals surface area (Å²) in [7, 11) is 0. The monoisotopic (exact) mass is 294 g/mol. The van der Waals surface area contributed by atoms with Crippen LogP contribution in [0.15, 0.2) is 48.5 Å². The van der Waals surface area contributed by atoms with Crippen molar-refractivity contribution >= 4 is 11.6 Å². The quantitative estimate of drug-likeness (QED) is 0.888. The topological polar surface area (TPSA) is 55.1 Å². The summed E-state index contributed by atoms with van der Waals surface area (Å²) in [5, 5.41) is 2.84.